The van der Waals surface area contributed by atoms with Crippen molar-refractivity contribution in [3.8, 4) is 0 Å². The van der Waals surface area contributed by atoms with Gasteiger partial charge in [-0.15, -0.1) is 0 Å². The molecule has 1 aliphatic carbocycles. The van der Waals surface area contributed by atoms with Crippen molar-refractivity contribution in [1.82, 2.24) is 5.32 Å². The third-order valence-corrected chi connectivity index (χ3v) is 4.00. The SMILES string of the molecule is CCCNCC1CC1c1ccc(C)cc1Br. The molecule has 0 saturated heterocycles. The quantitative estimate of drug-likeness (QED) is 0.809. The Bertz CT molecular complexity index is 362. The molecule has 2 unspecified atom stereocenters. The Morgan fingerprint density at radius 1 is 1.44 bits per heavy atom. The predicted molar refractivity (Wildman–Crippen MR) is 72.9 cm³/mol. The fourth-order valence-electron chi connectivity index (χ4n) is 2.25. The predicted octanol–water partition coefficient (Wildman–Crippen LogP) is 3.86. The molecule has 1 nitrogen and oxygen atoms in total. The summed E-state index contributed by atoms with van der Waals surface area (Å²) >= 11 is 3.68. The Kier molecular flexibility index (Phi) is 4.04. The van der Waals surface area contributed by atoms with E-state index in [2.05, 4.69) is 53.3 Å². The molecule has 0 aromatic heterocycles. The van der Waals surface area contributed by atoms with Gasteiger partial charge in [0.1, 0.15) is 0 Å². The number of aryl methyl sites for hydroxylation is 1. The zero-order valence-electron chi connectivity index (χ0n) is 10.1. The van der Waals surface area contributed by atoms with Gasteiger partial charge in [-0.2, -0.15) is 0 Å². The van der Waals surface area contributed by atoms with Crippen LogP contribution in [0.5, 0.6) is 0 Å². The summed E-state index contributed by atoms with van der Waals surface area (Å²) in [5.74, 6) is 1.63. The number of hydrogen-bond donors (Lipinski definition) is 1. The minimum absolute atomic E-state index is 0.777. The van der Waals surface area contributed by atoms with Crippen LogP contribution in [0.3, 0.4) is 0 Å². The summed E-state index contributed by atoms with van der Waals surface area (Å²) in [6, 6.07) is 6.73. The third kappa shape index (κ3) is 2.86. The maximum absolute atomic E-state index is 3.68. The first-order valence-corrected chi connectivity index (χ1v) is 6.98. The Balaban J connectivity index is 1.90. The van der Waals surface area contributed by atoms with Crippen LogP contribution < -0.4 is 5.32 Å². The van der Waals surface area contributed by atoms with E-state index < -0.39 is 0 Å². The zero-order chi connectivity index (χ0) is 11.5. The second-order valence-corrected chi connectivity index (χ2v) is 5.69. The molecular formula is C14H20BrN. The molecule has 0 bridgehead atoms. The topological polar surface area (TPSA) is 12.0 Å². The molecule has 0 aliphatic heterocycles. The lowest BCUT2D eigenvalue weighted by atomic mass is 10.1. The average Bonchev–Trinajstić information content (AvgIpc) is 2.98. The van der Waals surface area contributed by atoms with Crippen LogP contribution in [0.15, 0.2) is 22.7 Å². The van der Waals surface area contributed by atoms with E-state index in [0.29, 0.717) is 0 Å². The third-order valence-electron chi connectivity index (χ3n) is 3.31. The summed E-state index contributed by atoms with van der Waals surface area (Å²) < 4.78 is 1.29. The summed E-state index contributed by atoms with van der Waals surface area (Å²) in [6.45, 7) is 6.69. The monoisotopic (exact) mass is 281 g/mol. The van der Waals surface area contributed by atoms with Crippen molar-refractivity contribution >= 4 is 15.9 Å². The van der Waals surface area contributed by atoms with Crippen LogP contribution in [0.1, 0.15) is 36.8 Å². The highest BCUT2D eigenvalue weighted by molar-refractivity contribution is 9.10. The Morgan fingerprint density at radius 2 is 2.25 bits per heavy atom. The molecule has 0 spiro atoms. The molecule has 2 heteroatoms. The van der Waals surface area contributed by atoms with E-state index in [-0.39, 0.29) is 0 Å². The van der Waals surface area contributed by atoms with Gasteiger partial charge in [0.25, 0.3) is 0 Å². The van der Waals surface area contributed by atoms with Gasteiger partial charge < -0.3 is 5.32 Å². The summed E-state index contributed by atoms with van der Waals surface area (Å²) in [6.07, 6.45) is 2.57. The van der Waals surface area contributed by atoms with Gasteiger partial charge in [-0.05, 0) is 61.9 Å². The first-order chi connectivity index (χ1) is 7.72. The molecule has 2 atom stereocenters. The van der Waals surface area contributed by atoms with Crippen LogP contribution >= 0.6 is 15.9 Å². The normalized spacial score (nSPS) is 23.4. The van der Waals surface area contributed by atoms with Crippen LogP contribution in [-0.2, 0) is 0 Å². The second-order valence-electron chi connectivity index (χ2n) is 4.83. The number of hydrogen-bond acceptors (Lipinski definition) is 1. The van der Waals surface area contributed by atoms with Crippen molar-refractivity contribution in [3.63, 3.8) is 0 Å². The molecule has 2 rings (SSSR count). The van der Waals surface area contributed by atoms with Crippen molar-refractivity contribution in [3.05, 3.63) is 33.8 Å². The number of rotatable bonds is 5. The molecule has 1 aromatic carbocycles. The van der Waals surface area contributed by atoms with E-state index in [0.717, 1.165) is 18.4 Å². The lowest BCUT2D eigenvalue weighted by Crippen LogP contribution is -2.17. The molecule has 0 radical (unpaired) electrons. The molecule has 16 heavy (non-hydrogen) atoms. The molecule has 88 valence electrons. The van der Waals surface area contributed by atoms with Gasteiger partial charge in [0.05, 0.1) is 0 Å². The molecular weight excluding hydrogens is 262 g/mol. The Morgan fingerprint density at radius 3 is 2.94 bits per heavy atom. The van der Waals surface area contributed by atoms with E-state index in [4.69, 9.17) is 0 Å². The zero-order valence-corrected chi connectivity index (χ0v) is 11.7. The summed E-state index contributed by atoms with van der Waals surface area (Å²) in [5.41, 5.74) is 2.82. The lowest BCUT2D eigenvalue weighted by Gasteiger charge is -2.06. The van der Waals surface area contributed by atoms with Gasteiger partial charge in [0.2, 0.25) is 0 Å². The summed E-state index contributed by atoms with van der Waals surface area (Å²) in [4.78, 5) is 0. The van der Waals surface area contributed by atoms with Gasteiger partial charge in [0, 0.05) is 4.47 Å². The number of benzene rings is 1. The van der Waals surface area contributed by atoms with Crippen LogP contribution in [-0.4, -0.2) is 13.1 Å². The van der Waals surface area contributed by atoms with E-state index in [9.17, 15) is 0 Å². The van der Waals surface area contributed by atoms with E-state index >= 15 is 0 Å². The highest BCUT2D eigenvalue weighted by atomic mass is 79.9. The fraction of sp³-hybridized carbons (Fsp3) is 0.571. The van der Waals surface area contributed by atoms with Crippen molar-refractivity contribution < 1.29 is 0 Å². The van der Waals surface area contributed by atoms with Gasteiger partial charge in [-0.25, -0.2) is 0 Å². The van der Waals surface area contributed by atoms with Gasteiger partial charge >= 0.3 is 0 Å². The molecule has 0 amide bonds. The van der Waals surface area contributed by atoms with Crippen molar-refractivity contribution in [2.75, 3.05) is 13.1 Å². The van der Waals surface area contributed by atoms with Crippen LogP contribution in [0, 0.1) is 12.8 Å². The maximum Gasteiger partial charge on any atom is 0.0212 e. The summed E-state index contributed by atoms with van der Waals surface area (Å²) in [5, 5.41) is 3.51. The fourth-order valence-corrected chi connectivity index (χ4v) is 3.04. The molecule has 1 fully saturated rings. The average molecular weight is 282 g/mol. The standard InChI is InChI=1S/C14H20BrN/c1-3-6-16-9-11-8-13(11)12-5-4-10(2)7-14(12)15/h4-5,7,11,13,16H,3,6,8-9H2,1-2H3. The van der Waals surface area contributed by atoms with E-state index in [1.54, 1.807) is 0 Å². The van der Waals surface area contributed by atoms with Gasteiger partial charge in [-0.1, -0.05) is 35.0 Å². The smallest absolute Gasteiger partial charge is 0.0212 e. The summed E-state index contributed by atoms with van der Waals surface area (Å²) in [7, 11) is 0. The van der Waals surface area contributed by atoms with Crippen LogP contribution in [0.4, 0.5) is 0 Å². The van der Waals surface area contributed by atoms with Crippen molar-refractivity contribution in [2.24, 2.45) is 5.92 Å². The van der Waals surface area contributed by atoms with Crippen LogP contribution in [0.2, 0.25) is 0 Å². The highest BCUT2D eigenvalue weighted by Gasteiger charge is 2.38. The van der Waals surface area contributed by atoms with Crippen molar-refractivity contribution in [2.45, 2.75) is 32.6 Å². The van der Waals surface area contributed by atoms with E-state index in [1.165, 1.54) is 35.0 Å². The van der Waals surface area contributed by atoms with Crippen LogP contribution in [0.25, 0.3) is 0 Å². The van der Waals surface area contributed by atoms with Gasteiger partial charge in [-0.3, -0.25) is 0 Å². The minimum Gasteiger partial charge on any atom is -0.316 e. The molecule has 1 N–H and O–H groups in total. The van der Waals surface area contributed by atoms with E-state index in [1.807, 2.05) is 0 Å². The maximum atomic E-state index is 3.68. The molecule has 0 heterocycles. The molecule has 1 aliphatic rings. The number of halogens is 1. The van der Waals surface area contributed by atoms with Gasteiger partial charge in [0.15, 0.2) is 0 Å². The molecule has 1 saturated carbocycles. The largest absolute Gasteiger partial charge is 0.316 e. The Labute approximate surface area is 107 Å². The number of nitrogens with one attached hydrogen (secondary N) is 1. The molecule has 1 aromatic rings. The second kappa shape index (κ2) is 5.33. The highest BCUT2D eigenvalue weighted by Crippen LogP contribution is 2.49. The minimum atomic E-state index is 0.777. The Hall–Kier alpha value is -0.340. The van der Waals surface area contributed by atoms with Crippen molar-refractivity contribution in [1.29, 1.82) is 0 Å². The lowest BCUT2D eigenvalue weighted by molar-refractivity contribution is 0.620. The first-order valence-electron chi connectivity index (χ1n) is 6.19. The first kappa shape index (κ1) is 12.1.